The van der Waals surface area contributed by atoms with Crippen LogP contribution < -0.4 is 0 Å². The highest BCUT2D eigenvalue weighted by atomic mass is 16.6. The maximum atomic E-state index is 12.0. The molecular formula is C16H29NO4. The Bertz CT molecular complexity index is 365. The van der Waals surface area contributed by atoms with Gasteiger partial charge in [-0.2, -0.15) is 0 Å². The molecule has 0 N–H and O–H groups in total. The largest absolute Gasteiger partial charge is 0.466 e. The molecule has 1 aliphatic heterocycles. The van der Waals surface area contributed by atoms with Gasteiger partial charge < -0.3 is 14.4 Å². The summed E-state index contributed by atoms with van der Waals surface area (Å²) in [4.78, 5) is 25.2. The first-order valence-electron chi connectivity index (χ1n) is 7.79. The fourth-order valence-corrected chi connectivity index (χ4v) is 2.44. The zero-order chi connectivity index (χ0) is 16.1. The lowest BCUT2D eigenvalue weighted by atomic mass is 9.77. The van der Waals surface area contributed by atoms with Gasteiger partial charge in [-0.15, -0.1) is 0 Å². The first kappa shape index (κ1) is 17.8. The van der Waals surface area contributed by atoms with Gasteiger partial charge >= 0.3 is 12.1 Å². The van der Waals surface area contributed by atoms with Crippen LogP contribution in [0.2, 0.25) is 0 Å². The molecule has 21 heavy (non-hydrogen) atoms. The van der Waals surface area contributed by atoms with Crippen LogP contribution in [0, 0.1) is 5.41 Å². The quantitative estimate of drug-likeness (QED) is 0.747. The molecule has 0 bridgehead atoms. The summed E-state index contributed by atoms with van der Waals surface area (Å²) in [5, 5.41) is 0. The van der Waals surface area contributed by atoms with Crippen molar-refractivity contribution in [2.75, 3.05) is 19.7 Å². The van der Waals surface area contributed by atoms with E-state index in [-0.39, 0.29) is 17.5 Å². The predicted molar refractivity (Wildman–Crippen MR) is 81.0 cm³/mol. The first-order chi connectivity index (χ1) is 9.65. The lowest BCUT2D eigenvalue weighted by molar-refractivity contribution is -0.144. The van der Waals surface area contributed by atoms with E-state index in [1.54, 1.807) is 4.90 Å². The monoisotopic (exact) mass is 299 g/mol. The predicted octanol–water partition coefficient (Wildman–Crippen LogP) is 3.37. The Morgan fingerprint density at radius 1 is 1.19 bits per heavy atom. The number of carbonyl (C=O) groups is 2. The van der Waals surface area contributed by atoms with E-state index in [1.807, 2.05) is 27.7 Å². The Balaban J connectivity index is 2.40. The lowest BCUT2D eigenvalue weighted by Crippen LogP contribution is -2.44. The fraction of sp³-hybridized carbons (Fsp3) is 0.875. The van der Waals surface area contributed by atoms with Crippen molar-refractivity contribution in [1.29, 1.82) is 0 Å². The number of hydrogen-bond acceptors (Lipinski definition) is 4. The Morgan fingerprint density at radius 2 is 1.76 bits per heavy atom. The van der Waals surface area contributed by atoms with Crippen molar-refractivity contribution in [2.24, 2.45) is 5.41 Å². The summed E-state index contributed by atoms with van der Waals surface area (Å²) in [7, 11) is 0. The summed E-state index contributed by atoms with van der Waals surface area (Å²) in [5.41, 5.74) is -0.354. The van der Waals surface area contributed by atoms with Crippen LogP contribution in [0.1, 0.15) is 60.3 Å². The van der Waals surface area contributed by atoms with Gasteiger partial charge in [0.1, 0.15) is 5.60 Å². The van der Waals surface area contributed by atoms with Crippen LogP contribution in [0.3, 0.4) is 0 Å². The van der Waals surface area contributed by atoms with Crippen molar-refractivity contribution in [3.63, 3.8) is 0 Å². The summed E-state index contributed by atoms with van der Waals surface area (Å²) < 4.78 is 10.4. The SMILES string of the molecule is CCOC(=O)CCC1(C)CCN(C(=O)OC(C)(C)C)CC1. The van der Waals surface area contributed by atoms with Crippen LogP contribution in [0.15, 0.2) is 0 Å². The Morgan fingerprint density at radius 3 is 2.24 bits per heavy atom. The van der Waals surface area contributed by atoms with Crippen molar-refractivity contribution in [3.05, 3.63) is 0 Å². The smallest absolute Gasteiger partial charge is 0.410 e. The average Bonchev–Trinajstić information content (AvgIpc) is 2.36. The highest BCUT2D eigenvalue weighted by Crippen LogP contribution is 2.36. The molecule has 0 saturated carbocycles. The number of amides is 1. The maximum Gasteiger partial charge on any atom is 0.410 e. The third-order valence-corrected chi connectivity index (χ3v) is 3.86. The highest BCUT2D eigenvalue weighted by Gasteiger charge is 2.33. The molecule has 5 heteroatoms. The van der Waals surface area contributed by atoms with Crippen molar-refractivity contribution in [3.8, 4) is 0 Å². The molecular weight excluding hydrogens is 270 g/mol. The molecule has 1 aliphatic rings. The molecule has 1 heterocycles. The minimum Gasteiger partial charge on any atom is -0.466 e. The van der Waals surface area contributed by atoms with E-state index in [9.17, 15) is 9.59 Å². The molecule has 1 fully saturated rings. The molecule has 0 aromatic heterocycles. The molecule has 5 nitrogen and oxygen atoms in total. The van der Waals surface area contributed by atoms with Crippen molar-refractivity contribution in [2.45, 2.75) is 65.9 Å². The summed E-state index contributed by atoms with van der Waals surface area (Å²) in [6, 6.07) is 0. The first-order valence-corrected chi connectivity index (χ1v) is 7.79. The molecule has 0 aromatic carbocycles. The molecule has 1 saturated heterocycles. The van der Waals surface area contributed by atoms with Crippen LogP contribution in [0.5, 0.6) is 0 Å². The number of carbonyl (C=O) groups excluding carboxylic acids is 2. The van der Waals surface area contributed by atoms with Gasteiger partial charge in [0, 0.05) is 19.5 Å². The summed E-state index contributed by atoms with van der Waals surface area (Å²) in [5.74, 6) is -0.131. The van der Waals surface area contributed by atoms with Gasteiger partial charge in [-0.25, -0.2) is 4.79 Å². The minimum absolute atomic E-state index is 0.102. The molecule has 0 radical (unpaired) electrons. The van der Waals surface area contributed by atoms with Crippen molar-refractivity contribution in [1.82, 2.24) is 4.90 Å². The normalized spacial score (nSPS) is 18.2. The van der Waals surface area contributed by atoms with Gasteiger partial charge in [-0.1, -0.05) is 6.92 Å². The molecule has 0 aromatic rings. The summed E-state index contributed by atoms with van der Waals surface area (Å²) >= 11 is 0. The Kier molecular flexibility index (Phi) is 6.05. The zero-order valence-corrected chi connectivity index (χ0v) is 14.0. The summed E-state index contributed by atoms with van der Waals surface area (Å²) in [6.45, 7) is 11.4. The number of piperidine rings is 1. The number of likely N-dealkylation sites (tertiary alicyclic amines) is 1. The number of nitrogens with zero attached hydrogens (tertiary/aromatic N) is 1. The fourth-order valence-electron chi connectivity index (χ4n) is 2.44. The Labute approximate surface area is 128 Å². The highest BCUT2D eigenvalue weighted by molar-refractivity contribution is 5.69. The van der Waals surface area contributed by atoms with Gasteiger partial charge in [0.15, 0.2) is 0 Å². The van der Waals surface area contributed by atoms with Gasteiger partial charge in [0.05, 0.1) is 6.61 Å². The van der Waals surface area contributed by atoms with Crippen LogP contribution in [0.25, 0.3) is 0 Å². The van der Waals surface area contributed by atoms with E-state index in [0.29, 0.717) is 26.1 Å². The van der Waals surface area contributed by atoms with E-state index < -0.39 is 5.60 Å². The zero-order valence-electron chi connectivity index (χ0n) is 14.0. The van der Waals surface area contributed by atoms with E-state index >= 15 is 0 Å². The second-order valence-electron chi connectivity index (χ2n) is 7.08. The topological polar surface area (TPSA) is 55.8 Å². The van der Waals surface area contributed by atoms with Gasteiger partial charge in [0.25, 0.3) is 0 Å². The third-order valence-electron chi connectivity index (χ3n) is 3.86. The standard InChI is InChI=1S/C16H29NO4/c1-6-20-13(18)7-8-16(5)9-11-17(12-10-16)14(19)21-15(2,3)4/h6-12H2,1-5H3. The van der Waals surface area contributed by atoms with Crippen LogP contribution in [0.4, 0.5) is 4.79 Å². The van der Waals surface area contributed by atoms with Gasteiger partial charge in [0.2, 0.25) is 0 Å². The maximum absolute atomic E-state index is 12.0. The van der Waals surface area contributed by atoms with E-state index in [1.165, 1.54) is 0 Å². The molecule has 0 aliphatic carbocycles. The van der Waals surface area contributed by atoms with Crippen LogP contribution in [-0.2, 0) is 14.3 Å². The molecule has 1 amide bonds. The Hall–Kier alpha value is -1.26. The molecule has 0 atom stereocenters. The molecule has 0 spiro atoms. The second kappa shape index (κ2) is 7.14. The third kappa shape index (κ3) is 6.36. The van der Waals surface area contributed by atoms with Crippen molar-refractivity contribution >= 4 is 12.1 Å². The number of ether oxygens (including phenoxy) is 2. The molecule has 0 unspecified atom stereocenters. The molecule has 122 valence electrons. The van der Waals surface area contributed by atoms with E-state index in [2.05, 4.69) is 6.92 Å². The van der Waals surface area contributed by atoms with Crippen molar-refractivity contribution < 1.29 is 19.1 Å². The van der Waals surface area contributed by atoms with Gasteiger partial charge in [-0.3, -0.25) is 4.79 Å². The summed E-state index contributed by atoms with van der Waals surface area (Å²) in [6.07, 6.45) is 2.82. The van der Waals surface area contributed by atoms with Crippen LogP contribution >= 0.6 is 0 Å². The molecule has 1 rings (SSSR count). The van der Waals surface area contributed by atoms with E-state index in [0.717, 1.165) is 19.3 Å². The average molecular weight is 299 g/mol. The number of rotatable bonds is 4. The van der Waals surface area contributed by atoms with Crippen LogP contribution in [-0.4, -0.2) is 42.3 Å². The number of esters is 1. The minimum atomic E-state index is -0.457. The lowest BCUT2D eigenvalue weighted by Gasteiger charge is -2.39. The van der Waals surface area contributed by atoms with E-state index in [4.69, 9.17) is 9.47 Å². The second-order valence-corrected chi connectivity index (χ2v) is 7.08. The number of hydrogen-bond donors (Lipinski definition) is 0. The van der Waals surface area contributed by atoms with Gasteiger partial charge in [-0.05, 0) is 52.4 Å².